The molecule has 0 radical (unpaired) electrons. The molecule has 0 bridgehead atoms. The highest BCUT2D eigenvalue weighted by Crippen LogP contribution is 2.44. The molecule has 0 aromatic heterocycles. The molecule has 0 unspecified atom stereocenters. The Morgan fingerprint density at radius 3 is 2.42 bits per heavy atom. The van der Waals surface area contributed by atoms with Gasteiger partial charge >= 0.3 is 0 Å². The van der Waals surface area contributed by atoms with E-state index in [9.17, 15) is 20.0 Å². The van der Waals surface area contributed by atoms with E-state index in [1.807, 2.05) is 42.5 Å². The van der Waals surface area contributed by atoms with Crippen molar-refractivity contribution in [1.29, 1.82) is 5.26 Å². The summed E-state index contributed by atoms with van der Waals surface area (Å²) < 4.78 is 0. The van der Waals surface area contributed by atoms with E-state index in [1.54, 1.807) is 39.2 Å². The van der Waals surface area contributed by atoms with Gasteiger partial charge in [0.2, 0.25) is 5.91 Å². The fourth-order valence-corrected chi connectivity index (χ4v) is 4.20. The van der Waals surface area contributed by atoms with Gasteiger partial charge in [-0.3, -0.25) is 9.59 Å². The van der Waals surface area contributed by atoms with E-state index in [0.29, 0.717) is 5.56 Å². The largest absolute Gasteiger partial charge is 0.394 e. The summed E-state index contributed by atoms with van der Waals surface area (Å²) in [7, 11) is 7.00. The second-order valence-corrected chi connectivity index (χ2v) is 8.26. The van der Waals surface area contributed by atoms with Gasteiger partial charge in [-0.25, -0.2) is 0 Å². The molecule has 1 saturated heterocycles. The predicted octanol–water partition coefficient (Wildman–Crippen LogP) is 1.80. The third-order valence-corrected chi connectivity index (χ3v) is 5.62. The Morgan fingerprint density at radius 1 is 1.10 bits per heavy atom. The number of likely N-dealkylation sites (tertiary alicyclic amines) is 1. The third-order valence-electron chi connectivity index (χ3n) is 5.62. The van der Waals surface area contributed by atoms with Crippen LogP contribution in [0, 0.1) is 11.3 Å². The lowest BCUT2D eigenvalue weighted by Crippen LogP contribution is -2.66. The first-order valence-corrected chi connectivity index (χ1v) is 10.2. The molecule has 2 amide bonds. The summed E-state index contributed by atoms with van der Waals surface area (Å²) in [6, 6.07) is 16.2. The van der Waals surface area contributed by atoms with Crippen LogP contribution in [0.15, 0.2) is 48.5 Å². The number of aliphatic hydroxyl groups excluding tert-OH is 1. The van der Waals surface area contributed by atoms with Crippen molar-refractivity contribution < 1.29 is 14.7 Å². The van der Waals surface area contributed by atoms with E-state index in [-0.39, 0.29) is 30.9 Å². The van der Waals surface area contributed by atoms with Gasteiger partial charge in [-0.2, -0.15) is 5.26 Å². The topological polar surface area (TPSA) is 87.9 Å². The maximum absolute atomic E-state index is 12.7. The summed E-state index contributed by atoms with van der Waals surface area (Å²) in [5.74, 6) is -0.583. The molecule has 7 heteroatoms. The van der Waals surface area contributed by atoms with Crippen molar-refractivity contribution in [2.75, 3.05) is 41.3 Å². The van der Waals surface area contributed by atoms with Crippen LogP contribution in [0.25, 0.3) is 11.1 Å². The SMILES string of the molecule is CN(C)CC(=O)N1[C@H](C#N)[C@H](c2ccccc2-c2cccc(C(=O)N(C)C)c2)[C@H]1CO. The minimum Gasteiger partial charge on any atom is -0.394 e. The molecule has 3 rings (SSSR count). The van der Waals surface area contributed by atoms with Gasteiger partial charge in [0.25, 0.3) is 5.91 Å². The fraction of sp³-hybridized carbons (Fsp3) is 0.375. The van der Waals surface area contributed by atoms with Crippen LogP contribution in [0.3, 0.4) is 0 Å². The average molecular weight is 421 g/mol. The molecule has 2 aromatic rings. The van der Waals surface area contributed by atoms with Crippen molar-refractivity contribution in [2.45, 2.75) is 18.0 Å². The first kappa shape index (κ1) is 22.5. The zero-order valence-electron chi connectivity index (χ0n) is 18.3. The Balaban J connectivity index is 2.01. The average Bonchev–Trinajstić information content (AvgIpc) is 2.73. The maximum atomic E-state index is 12.7. The minimum absolute atomic E-state index is 0.0911. The highest BCUT2D eigenvalue weighted by atomic mass is 16.3. The first-order chi connectivity index (χ1) is 14.8. The van der Waals surface area contributed by atoms with Gasteiger partial charge in [0.1, 0.15) is 6.04 Å². The molecule has 1 fully saturated rings. The molecule has 3 atom stereocenters. The maximum Gasteiger partial charge on any atom is 0.253 e. The Labute approximate surface area is 183 Å². The van der Waals surface area contributed by atoms with E-state index in [2.05, 4.69) is 6.07 Å². The summed E-state index contributed by atoms with van der Waals surface area (Å²) in [6.07, 6.45) is 0. The van der Waals surface area contributed by atoms with Gasteiger partial charge in [-0.05, 0) is 42.9 Å². The van der Waals surface area contributed by atoms with Gasteiger partial charge in [0.15, 0.2) is 0 Å². The van der Waals surface area contributed by atoms with Gasteiger partial charge < -0.3 is 19.8 Å². The molecule has 2 aromatic carbocycles. The molecule has 1 N–H and O–H groups in total. The number of nitriles is 1. The van der Waals surface area contributed by atoms with Crippen LogP contribution in [-0.4, -0.2) is 85.0 Å². The van der Waals surface area contributed by atoms with Crippen molar-refractivity contribution in [3.8, 4) is 17.2 Å². The Morgan fingerprint density at radius 2 is 1.81 bits per heavy atom. The van der Waals surface area contributed by atoms with E-state index >= 15 is 0 Å². The van der Waals surface area contributed by atoms with Gasteiger partial charge in [0, 0.05) is 25.6 Å². The van der Waals surface area contributed by atoms with Crippen molar-refractivity contribution in [1.82, 2.24) is 14.7 Å². The lowest BCUT2D eigenvalue weighted by molar-refractivity contribution is -0.147. The van der Waals surface area contributed by atoms with Crippen LogP contribution in [-0.2, 0) is 4.79 Å². The second-order valence-electron chi connectivity index (χ2n) is 8.26. The van der Waals surface area contributed by atoms with Gasteiger partial charge in [-0.15, -0.1) is 0 Å². The van der Waals surface area contributed by atoms with Crippen molar-refractivity contribution in [2.24, 2.45) is 0 Å². The molecule has 162 valence electrons. The van der Waals surface area contributed by atoms with E-state index in [0.717, 1.165) is 16.7 Å². The number of hydrogen-bond acceptors (Lipinski definition) is 5. The fourth-order valence-electron chi connectivity index (χ4n) is 4.20. The summed E-state index contributed by atoms with van der Waals surface area (Å²) >= 11 is 0. The summed E-state index contributed by atoms with van der Waals surface area (Å²) in [6.45, 7) is -0.0484. The Hall–Kier alpha value is -3.21. The lowest BCUT2D eigenvalue weighted by Gasteiger charge is -2.52. The Kier molecular flexibility index (Phi) is 6.74. The molecular weight excluding hydrogens is 392 g/mol. The highest BCUT2D eigenvalue weighted by Gasteiger charge is 2.52. The van der Waals surface area contributed by atoms with Crippen LogP contribution in [0.4, 0.5) is 0 Å². The number of aliphatic hydroxyl groups is 1. The number of nitrogens with zero attached hydrogens (tertiary/aromatic N) is 4. The first-order valence-electron chi connectivity index (χ1n) is 10.2. The lowest BCUT2D eigenvalue weighted by atomic mass is 9.73. The number of amides is 2. The highest BCUT2D eigenvalue weighted by molar-refractivity contribution is 5.95. The van der Waals surface area contributed by atoms with Crippen molar-refractivity contribution in [3.05, 3.63) is 59.7 Å². The predicted molar refractivity (Wildman–Crippen MR) is 118 cm³/mol. The molecule has 7 nitrogen and oxygen atoms in total. The zero-order chi connectivity index (χ0) is 22.7. The van der Waals surface area contributed by atoms with Gasteiger partial charge in [-0.1, -0.05) is 36.4 Å². The molecule has 1 aliphatic rings. The van der Waals surface area contributed by atoms with Crippen molar-refractivity contribution >= 4 is 11.8 Å². The molecule has 31 heavy (non-hydrogen) atoms. The third kappa shape index (κ3) is 4.31. The number of carbonyl (C=O) groups excluding carboxylic acids is 2. The standard InChI is InChI=1S/C24H28N4O3/c1-26(2)14-22(30)28-20(13-25)23(21(28)15-29)19-11-6-5-10-18(19)16-8-7-9-17(12-16)24(31)27(3)4/h5-12,20-21,23,29H,14-15H2,1-4H3/t20-,21-,23+/m1/s1. The van der Waals surface area contributed by atoms with E-state index in [1.165, 1.54) is 9.80 Å². The van der Waals surface area contributed by atoms with Crippen LogP contribution in [0.2, 0.25) is 0 Å². The van der Waals surface area contributed by atoms with E-state index in [4.69, 9.17) is 0 Å². The summed E-state index contributed by atoms with van der Waals surface area (Å²) in [5.41, 5.74) is 3.20. The monoisotopic (exact) mass is 420 g/mol. The summed E-state index contributed by atoms with van der Waals surface area (Å²) in [4.78, 5) is 29.9. The van der Waals surface area contributed by atoms with E-state index < -0.39 is 12.1 Å². The van der Waals surface area contributed by atoms with Crippen LogP contribution < -0.4 is 0 Å². The number of benzene rings is 2. The molecule has 0 saturated carbocycles. The van der Waals surface area contributed by atoms with Crippen LogP contribution in [0.1, 0.15) is 21.8 Å². The van der Waals surface area contributed by atoms with Crippen LogP contribution >= 0.6 is 0 Å². The zero-order valence-corrected chi connectivity index (χ0v) is 18.3. The normalized spacial score (nSPS) is 20.2. The number of carbonyl (C=O) groups is 2. The molecular formula is C24H28N4O3. The number of hydrogen-bond donors (Lipinski definition) is 1. The molecule has 0 spiro atoms. The quantitative estimate of drug-likeness (QED) is 0.770. The molecule has 1 heterocycles. The minimum atomic E-state index is -0.655. The van der Waals surface area contributed by atoms with Gasteiger partial charge in [0.05, 0.1) is 25.3 Å². The smallest absolute Gasteiger partial charge is 0.253 e. The number of likely N-dealkylation sites (N-methyl/N-ethyl adjacent to an activating group) is 1. The summed E-state index contributed by atoms with van der Waals surface area (Å²) in [5, 5.41) is 19.9. The second kappa shape index (κ2) is 9.29. The molecule has 0 aliphatic carbocycles. The Bertz CT molecular complexity index is 1010. The van der Waals surface area contributed by atoms with Crippen molar-refractivity contribution in [3.63, 3.8) is 0 Å². The van der Waals surface area contributed by atoms with Crippen LogP contribution in [0.5, 0.6) is 0 Å². The molecule has 1 aliphatic heterocycles. The number of rotatable bonds is 6.